The summed E-state index contributed by atoms with van der Waals surface area (Å²) >= 11 is 12.1. The number of hydrogen-bond acceptors (Lipinski definition) is 4. The number of amides is 2. The molecule has 7 nitrogen and oxygen atoms in total. The smallest absolute Gasteiger partial charge is 0.244 e. The second-order valence-electron chi connectivity index (χ2n) is 7.08. The minimum Gasteiger partial charge on any atom is -0.355 e. The largest absolute Gasteiger partial charge is 0.355 e. The van der Waals surface area contributed by atoms with E-state index in [2.05, 4.69) is 5.32 Å². The second-order valence-corrected chi connectivity index (χ2v) is 9.83. The number of hydrogen-bond donors (Lipinski definition) is 1. The maximum absolute atomic E-state index is 13.3. The Bertz CT molecular complexity index is 1080. The molecule has 2 amide bonds. The molecule has 1 N–H and O–H groups in total. The Morgan fingerprint density at radius 3 is 2.28 bits per heavy atom. The van der Waals surface area contributed by atoms with Crippen LogP contribution in [0.4, 0.5) is 10.1 Å². The molecule has 0 heterocycles. The number of likely N-dealkylation sites (N-methyl/N-ethyl adjacent to an activating group) is 1. The zero-order valence-electron chi connectivity index (χ0n) is 17.8. The third kappa shape index (κ3) is 6.82. The van der Waals surface area contributed by atoms with Crippen molar-refractivity contribution >= 4 is 50.7 Å². The predicted octanol–water partition coefficient (Wildman–Crippen LogP) is 3.45. The summed E-state index contributed by atoms with van der Waals surface area (Å²) in [6, 6.07) is 8.78. The summed E-state index contributed by atoms with van der Waals surface area (Å²) in [5, 5.41) is 3.01. The minimum atomic E-state index is -3.91. The number of nitrogens with one attached hydrogen (secondary N) is 1. The van der Waals surface area contributed by atoms with E-state index in [1.165, 1.54) is 54.3 Å². The van der Waals surface area contributed by atoms with Crippen LogP contribution < -0.4 is 9.62 Å². The molecule has 32 heavy (non-hydrogen) atoms. The molecule has 0 unspecified atom stereocenters. The summed E-state index contributed by atoms with van der Waals surface area (Å²) in [6.45, 7) is 3.02. The molecule has 0 radical (unpaired) electrons. The van der Waals surface area contributed by atoms with E-state index in [1.807, 2.05) is 0 Å². The lowest BCUT2D eigenvalue weighted by molar-refractivity contribution is -0.139. The highest BCUT2D eigenvalue weighted by atomic mass is 35.5. The lowest BCUT2D eigenvalue weighted by Gasteiger charge is -2.31. The van der Waals surface area contributed by atoms with Crippen molar-refractivity contribution in [3.63, 3.8) is 0 Å². The van der Waals surface area contributed by atoms with Crippen molar-refractivity contribution in [1.82, 2.24) is 10.2 Å². The fourth-order valence-electron chi connectivity index (χ4n) is 2.97. The summed E-state index contributed by atoms with van der Waals surface area (Å²) in [5.41, 5.74) is 0.658. The van der Waals surface area contributed by atoms with Crippen molar-refractivity contribution < 1.29 is 22.4 Å². The van der Waals surface area contributed by atoms with Gasteiger partial charge in [-0.2, -0.15) is 0 Å². The van der Waals surface area contributed by atoms with Gasteiger partial charge < -0.3 is 10.2 Å². The zero-order chi connectivity index (χ0) is 24.1. The fraction of sp³-hybridized carbons (Fsp3) is 0.333. The van der Waals surface area contributed by atoms with Gasteiger partial charge in [-0.15, -0.1) is 0 Å². The molecule has 0 aliphatic heterocycles. The number of sulfonamides is 1. The average molecular weight is 504 g/mol. The zero-order valence-corrected chi connectivity index (χ0v) is 20.1. The van der Waals surface area contributed by atoms with E-state index in [1.54, 1.807) is 6.92 Å². The fourth-order valence-corrected chi connectivity index (χ4v) is 4.39. The quantitative estimate of drug-likeness (QED) is 0.567. The van der Waals surface area contributed by atoms with Crippen LogP contribution in [0.15, 0.2) is 42.5 Å². The topological polar surface area (TPSA) is 86.8 Å². The van der Waals surface area contributed by atoms with Crippen LogP contribution in [-0.4, -0.2) is 50.5 Å². The molecule has 0 aliphatic rings. The van der Waals surface area contributed by atoms with Crippen LogP contribution in [0, 0.1) is 5.82 Å². The van der Waals surface area contributed by atoms with Gasteiger partial charge in [-0.3, -0.25) is 13.9 Å². The van der Waals surface area contributed by atoms with Gasteiger partial charge in [0.1, 0.15) is 18.4 Å². The van der Waals surface area contributed by atoms with Gasteiger partial charge >= 0.3 is 0 Å². The number of rotatable bonds is 9. The molecule has 0 aromatic heterocycles. The maximum Gasteiger partial charge on any atom is 0.244 e. The average Bonchev–Trinajstić information content (AvgIpc) is 2.71. The lowest BCUT2D eigenvalue weighted by Crippen LogP contribution is -2.51. The van der Waals surface area contributed by atoms with Crippen LogP contribution in [0.2, 0.25) is 10.0 Å². The van der Waals surface area contributed by atoms with Crippen LogP contribution in [0.25, 0.3) is 0 Å². The van der Waals surface area contributed by atoms with Crippen molar-refractivity contribution in [3.8, 4) is 0 Å². The normalized spacial score (nSPS) is 12.2. The molecule has 174 valence electrons. The first-order valence-electron chi connectivity index (χ1n) is 9.68. The van der Waals surface area contributed by atoms with Gasteiger partial charge in [0, 0.05) is 18.1 Å². The summed E-state index contributed by atoms with van der Waals surface area (Å²) in [4.78, 5) is 27.0. The Labute approximate surface area is 197 Å². The van der Waals surface area contributed by atoms with Crippen molar-refractivity contribution in [2.24, 2.45) is 0 Å². The number of carbonyl (C=O) groups excluding carboxylic acids is 2. The van der Waals surface area contributed by atoms with Crippen LogP contribution in [0.3, 0.4) is 0 Å². The van der Waals surface area contributed by atoms with E-state index < -0.39 is 40.2 Å². The highest BCUT2D eigenvalue weighted by Gasteiger charge is 2.30. The second kappa shape index (κ2) is 11.0. The van der Waals surface area contributed by atoms with Gasteiger partial charge in [0.15, 0.2) is 0 Å². The molecule has 2 aromatic carbocycles. The van der Waals surface area contributed by atoms with E-state index in [9.17, 15) is 22.4 Å². The van der Waals surface area contributed by atoms with E-state index in [-0.39, 0.29) is 17.3 Å². The van der Waals surface area contributed by atoms with Gasteiger partial charge in [-0.25, -0.2) is 12.8 Å². The predicted molar refractivity (Wildman–Crippen MR) is 124 cm³/mol. The minimum absolute atomic E-state index is 0.0244. The molecule has 2 rings (SSSR count). The molecule has 11 heteroatoms. The van der Waals surface area contributed by atoms with Crippen molar-refractivity contribution in [1.29, 1.82) is 0 Å². The van der Waals surface area contributed by atoms with E-state index in [0.717, 1.165) is 10.6 Å². The number of benzene rings is 2. The molecule has 0 bridgehead atoms. The van der Waals surface area contributed by atoms with Crippen molar-refractivity contribution in [2.75, 3.05) is 23.7 Å². The molecule has 0 saturated carbocycles. The van der Waals surface area contributed by atoms with Crippen LogP contribution in [-0.2, 0) is 26.2 Å². The molecule has 0 saturated heterocycles. The van der Waals surface area contributed by atoms with E-state index >= 15 is 0 Å². The van der Waals surface area contributed by atoms with Crippen molar-refractivity contribution in [2.45, 2.75) is 26.4 Å². The summed E-state index contributed by atoms with van der Waals surface area (Å²) in [7, 11) is -3.91. The van der Waals surface area contributed by atoms with Gasteiger partial charge in [0.25, 0.3) is 0 Å². The first-order valence-corrected chi connectivity index (χ1v) is 12.3. The molecule has 0 fully saturated rings. The SMILES string of the molecule is CCNC(=O)[C@H](C)N(Cc1ccc(F)cc1)C(=O)CN(c1ccc(Cl)cc1Cl)S(C)(=O)=O. The van der Waals surface area contributed by atoms with E-state index in [0.29, 0.717) is 17.1 Å². The first-order chi connectivity index (χ1) is 14.9. The summed E-state index contributed by atoms with van der Waals surface area (Å²) in [5.74, 6) is -1.48. The van der Waals surface area contributed by atoms with Gasteiger partial charge in [0.05, 0.1) is 17.0 Å². The molecule has 1 atom stereocenters. The summed E-state index contributed by atoms with van der Waals surface area (Å²) < 4.78 is 39.1. The number of halogens is 3. The molecular weight excluding hydrogens is 480 g/mol. The Kier molecular flexibility index (Phi) is 8.89. The molecular formula is C21H24Cl2FN3O4S. The number of carbonyl (C=O) groups is 2. The Balaban J connectivity index is 2.40. The Morgan fingerprint density at radius 2 is 1.75 bits per heavy atom. The maximum atomic E-state index is 13.3. The molecule has 0 spiro atoms. The Morgan fingerprint density at radius 1 is 1.12 bits per heavy atom. The third-order valence-electron chi connectivity index (χ3n) is 4.64. The van der Waals surface area contributed by atoms with Gasteiger partial charge in [-0.1, -0.05) is 35.3 Å². The van der Waals surface area contributed by atoms with Crippen LogP contribution in [0.1, 0.15) is 19.4 Å². The summed E-state index contributed by atoms with van der Waals surface area (Å²) in [6.07, 6.45) is 0.947. The highest BCUT2D eigenvalue weighted by molar-refractivity contribution is 7.92. The van der Waals surface area contributed by atoms with Crippen LogP contribution in [0.5, 0.6) is 0 Å². The Hall–Kier alpha value is -2.36. The van der Waals surface area contributed by atoms with Gasteiger partial charge in [-0.05, 0) is 49.7 Å². The lowest BCUT2D eigenvalue weighted by atomic mass is 10.1. The van der Waals surface area contributed by atoms with E-state index in [4.69, 9.17) is 23.2 Å². The monoisotopic (exact) mass is 503 g/mol. The van der Waals surface area contributed by atoms with Crippen LogP contribution >= 0.6 is 23.2 Å². The molecule has 0 aliphatic carbocycles. The standard InChI is InChI=1S/C21H24Cl2FN3O4S/c1-4-25-21(29)14(2)26(12-15-5-8-17(24)9-6-15)20(28)13-27(32(3,30)31)19-10-7-16(22)11-18(19)23/h5-11,14H,4,12-13H2,1-3H3,(H,25,29)/t14-/m0/s1. The third-order valence-corrected chi connectivity index (χ3v) is 6.31. The highest BCUT2D eigenvalue weighted by Crippen LogP contribution is 2.30. The number of anilines is 1. The van der Waals surface area contributed by atoms with Gasteiger partial charge in [0.2, 0.25) is 21.8 Å². The number of nitrogens with zero attached hydrogens (tertiary/aromatic N) is 2. The van der Waals surface area contributed by atoms with Crippen molar-refractivity contribution in [3.05, 3.63) is 63.9 Å². The molecule has 2 aromatic rings. The first kappa shape index (κ1) is 25.9.